The summed E-state index contributed by atoms with van der Waals surface area (Å²) in [7, 11) is 0. The van der Waals surface area contributed by atoms with Crippen LogP contribution in [0.15, 0.2) is 22.7 Å². The van der Waals surface area contributed by atoms with Gasteiger partial charge in [0.15, 0.2) is 17.3 Å². The molecule has 7 nitrogen and oxygen atoms in total. The zero-order chi connectivity index (χ0) is 18.1. The number of carbonyl (C=O) groups excluding carboxylic acids is 1. The zero-order valence-electron chi connectivity index (χ0n) is 15.2. The van der Waals surface area contributed by atoms with E-state index in [4.69, 9.17) is 14.0 Å². The van der Waals surface area contributed by atoms with Crippen LogP contribution in [0.25, 0.3) is 0 Å². The third-order valence-corrected chi connectivity index (χ3v) is 5.09. The minimum Gasteiger partial charge on any atom is -0.454 e. The molecule has 0 aliphatic carbocycles. The van der Waals surface area contributed by atoms with Gasteiger partial charge in [0.05, 0.1) is 6.54 Å². The topological polar surface area (TPSA) is 77.7 Å². The molecule has 26 heavy (non-hydrogen) atoms. The second-order valence-corrected chi connectivity index (χ2v) is 7.38. The Bertz CT molecular complexity index is 819. The van der Waals surface area contributed by atoms with Crippen molar-refractivity contribution in [2.24, 2.45) is 5.41 Å². The van der Waals surface area contributed by atoms with E-state index in [0.29, 0.717) is 31.2 Å². The molecule has 4 rings (SSSR count). The van der Waals surface area contributed by atoms with Crippen LogP contribution in [0, 0.1) is 5.41 Å². The molecule has 0 unspecified atom stereocenters. The molecule has 1 fully saturated rings. The van der Waals surface area contributed by atoms with Crippen LogP contribution >= 0.6 is 0 Å². The fourth-order valence-electron chi connectivity index (χ4n) is 3.69. The summed E-state index contributed by atoms with van der Waals surface area (Å²) in [6.07, 6.45) is 2.99. The van der Waals surface area contributed by atoms with Crippen LogP contribution in [-0.2, 0) is 24.2 Å². The number of carbonyl (C=O) groups is 1. The summed E-state index contributed by atoms with van der Waals surface area (Å²) in [5, 5.41) is 3.91. The van der Waals surface area contributed by atoms with Crippen molar-refractivity contribution in [1.29, 1.82) is 0 Å². The van der Waals surface area contributed by atoms with Crippen molar-refractivity contribution in [3.63, 3.8) is 0 Å². The van der Waals surface area contributed by atoms with E-state index < -0.39 is 0 Å². The minimum absolute atomic E-state index is 0.00475. The van der Waals surface area contributed by atoms with E-state index in [0.717, 1.165) is 30.8 Å². The van der Waals surface area contributed by atoms with Crippen LogP contribution in [0.4, 0.5) is 0 Å². The molecule has 1 aromatic carbocycles. The average molecular weight is 357 g/mol. The molecule has 2 aliphatic rings. The molecule has 1 atom stereocenters. The largest absolute Gasteiger partial charge is 0.454 e. The van der Waals surface area contributed by atoms with Gasteiger partial charge in [-0.3, -0.25) is 4.79 Å². The van der Waals surface area contributed by atoms with Crippen LogP contribution in [0.3, 0.4) is 0 Å². The van der Waals surface area contributed by atoms with E-state index in [-0.39, 0.29) is 18.1 Å². The van der Waals surface area contributed by atoms with Gasteiger partial charge in [-0.2, -0.15) is 4.98 Å². The summed E-state index contributed by atoms with van der Waals surface area (Å²) in [6, 6.07) is 6.07. The number of aryl methyl sites for hydroxylation is 1. The maximum absolute atomic E-state index is 12.4. The maximum Gasteiger partial charge on any atom is 0.246 e. The number of rotatable bonds is 5. The molecule has 0 spiro atoms. The lowest BCUT2D eigenvalue weighted by Crippen LogP contribution is -2.45. The Morgan fingerprint density at radius 2 is 2.12 bits per heavy atom. The second-order valence-electron chi connectivity index (χ2n) is 7.38. The Morgan fingerprint density at radius 3 is 2.92 bits per heavy atom. The minimum atomic E-state index is -0.00475. The molecule has 1 amide bonds. The lowest BCUT2D eigenvalue weighted by molar-refractivity contribution is -0.138. The Hall–Kier alpha value is -2.57. The van der Waals surface area contributed by atoms with Gasteiger partial charge in [0, 0.05) is 19.4 Å². The fourth-order valence-corrected chi connectivity index (χ4v) is 3.69. The number of hydrogen-bond donors (Lipinski definition) is 0. The second kappa shape index (κ2) is 6.63. The predicted octanol–water partition coefficient (Wildman–Crippen LogP) is 2.73. The van der Waals surface area contributed by atoms with Gasteiger partial charge < -0.3 is 18.9 Å². The average Bonchev–Trinajstić information content (AvgIpc) is 3.27. The smallest absolute Gasteiger partial charge is 0.246 e. The molecular weight excluding hydrogens is 334 g/mol. The van der Waals surface area contributed by atoms with Gasteiger partial charge in [0.1, 0.15) is 0 Å². The highest BCUT2D eigenvalue weighted by molar-refractivity contribution is 5.77. The van der Waals surface area contributed by atoms with Crippen molar-refractivity contribution in [1.82, 2.24) is 15.0 Å². The number of ether oxygens (including phenoxy) is 2. The van der Waals surface area contributed by atoms with Gasteiger partial charge in [-0.1, -0.05) is 25.1 Å². The first kappa shape index (κ1) is 16.9. The predicted molar refractivity (Wildman–Crippen MR) is 92.7 cm³/mol. The van der Waals surface area contributed by atoms with Gasteiger partial charge in [0.2, 0.25) is 18.6 Å². The van der Waals surface area contributed by atoms with Gasteiger partial charge in [-0.25, -0.2) is 0 Å². The van der Waals surface area contributed by atoms with E-state index in [1.807, 2.05) is 24.0 Å². The highest BCUT2D eigenvalue weighted by atomic mass is 16.7. The van der Waals surface area contributed by atoms with Crippen molar-refractivity contribution in [3.8, 4) is 11.5 Å². The quantitative estimate of drug-likeness (QED) is 0.819. The number of fused-ring (bicyclic) bond motifs is 1. The molecule has 0 radical (unpaired) electrons. The van der Waals surface area contributed by atoms with E-state index in [1.165, 1.54) is 5.56 Å². The van der Waals surface area contributed by atoms with Crippen molar-refractivity contribution >= 4 is 5.91 Å². The van der Waals surface area contributed by atoms with Gasteiger partial charge in [0.25, 0.3) is 0 Å². The Labute approximate surface area is 152 Å². The number of hydrogen-bond acceptors (Lipinski definition) is 6. The highest BCUT2D eigenvalue weighted by Crippen LogP contribution is 2.38. The number of benzene rings is 1. The van der Waals surface area contributed by atoms with Crippen molar-refractivity contribution in [3.05, 3.63) is 35.5 Å². The number of piperidine rings is 1. The first-order valence-corrected chi connectivity index (χ1v) is 9.02. The number of aromatic nitrogens is 2. The summed E-state index contributed by atoms with van der Waals surface area (Å²) in [5.74, 6) is 2.91. The summed E-state index contributed by atoms with van der Waals surface area (Å²) in [6.45, 7) is 5.53. The molecule has 138 valence electrons. The Morgan fingerprint density at radius 1 is 1.27 bits per heavy atom. The number of likely N-dealkylation sites (tertiary alicyclic amines) is 1. The van der Waals surface area contributed by atoms with Crippen LogP contribution < -0.4 is 9.47 Å². The van der Waals surface area contributed by atoms with Crippen molar-refractivity contribution < 1.29 is 18.8 Å². The van der Waals surface area contributed by atoms with E-state index in [9.17, 15) is 4.79 Å². The molecule has 2 aliphatic heterocycles. The molecule has 7 heteroatoms. The maximum atomic E-state index is 12.4. The highest BCUT2D eigenvalue weighted by Gasteiger charge is 2.36. The Balaban J connectivity index is 1.46. The molecule has 0 bridgehead atoms. The monoisotopic (exact) mass is 357 g/mol. The molecule has 0 saturated carbocycles. The molecule has 1 saturated heterocycles. The fraction of sp³-hybridized carbons (Fsp3) is 0.526. The Kier molecular flexibility index (Phi) is 4.30. The summed E-state index contributed by atoms with van der Waals surface area (Å²) in [5.41, 5.74) is 1.19. The van der Waals surface area contributed by atoms with Crippen LogP contribution in [0.5, 0.6) is 11.5 Å². The molecule has 3 heterocycles. The molecular formula is C19H23N3O4. The number of nitrogens with zero attached hydrogens (tertiary/aromatic N) is 3. The lowest BCUT2D eigenvalue weighted by atomic mass is 9.76. The van der Waals surface area contributed by atoms with E-state index in [1.54, 1.807) is 0 Å². The molecule has 0 N–H and O–H groups in total. The molecule has 1 aromatic heterocycles. The van der Waals surface area contributed by atoms with Crippen LogP contribution in [0.1, 0.15) is 44.0 Å². The van der Waals surface area contributed by atoms with Gasteiger partial charge >= 0.3 is 0 Å². The zero-order valence-corrected chi connectivity index (χ0v) is 15.2. The molecule has 2 aromatic rings. The van der Waals surface area contributed by atoms with E-state index in [2.05, 4.69) is 23.1 Å². The van der Waals surface area contributed by atoms with Crippen LogP contribution in [-0.4, -0.2) is 34.3 Å². The van der Waals surface area contributed by atoms with Crippen molar-refractivity contribution in [2.75, 3.05) is 13.3 Å². The summed E-state index contributed by atoms with van der Waals surface area (Å²) < 4.78 is 16.1. The SMILES string of the molecule is CCc1noc(CN2C[C@@](C)(Cc3ccc4c(c3)OCO4)CCC2=O)n1. The standard InChI is InChI=1S/C19H23N3O4/c1-3-16-20-17(26-21-16)10-22-11-19(2,7-6-18(22)23)9-13-4-5-14-15(8-13)25-12-24-14/h4-5,8H,3,6-7,9-12H2,1-2H3/t19-/m1/s1. The van der Waals surface area contributed by atoms with Gasteiger partial charge in [-0.05, 0) is 36.0 Å². The van der Waals surface area contributed by atoms with Crippen LogP contribution in [0.2, 0.25) is 0 Å². The first-order chi connectivity index (χ1) is 12.5. The summed E-state index contributed by atoms with van der Waals surface area (Å²) in [4.78, 5) is 18.5. The van der Waals surface area contributed by atoms with Crippen molar-refractivity contribution in [2.45, 2.75) is 46.1 Å². The third kappa shape index (κ3) is 3.38. The normalized spacial score (nSPS) is 22.1. The van der Waals surface area contributed by atoms with Gasteiger partial charge in [-0.15, -0.1) is 0 Å². The lowest BCUT2D eigenvalue weighted by Gasteiger charge is -2.40. The van der Waals surface area contributed by atoms with E-state index >= 15 is 0 Å². The third-order valence-electron chi connectivity index (χ3n) is 5.09. The summed E-state index contributed by atoms with van der Waals surface area (Å²) >= 11 is 0. The first-order valence-electron chi connectivity index (χ1n) is 9.02. The number of amides is 1.